The summed E-state index contributed by atoms with van der Waals surface area (Å²) in [7, 11) is 0. The second-order valence-corrected chi connectivity index (χ2v) is 5.06. The van der Waals surface area contributed by atoms with Crippen molar-refractivity contribution in [2.75, 3.05) is 39.5 Å². The smallest absolute Gasteiger partial charge is 0.243 e. The summed E-state index contributed by atoms with van der Waals surface area (Å²) in [6.45, 7) is 8.06. The van der Waals surface area contributed by atoms with Crippen LogP contribution in [-0.4, -0.2) is 73.8 Å². The molecular weight excluding hydrogens is 316 g/mol. The lowest BCUT2D eigenvalue weighted by Crippen LogP contribution is -2.33. The van der Waals surface area contributed by atoms with E-state index in [9.17, 15) is 19.8 Å². The van der Waals surface area contributed by atoms with E-state index in [2.05, 4.69) is 23.8 Å². The molecule has 0 saturated carbocycles. The number of aliphatic hydroxyl groups is 2. The molecule has 0 aliphatic carbocycles. The van der Waals surface area contributed by atoms with Gasteiger partial charge in [0.1, 0.15) is 0 Å². The molecule has 0 spiro atoms. The maximum absolute atomic E-state index is 10.9. The Morgan fingerprint density at radius 2 is 1.25 bits per heavy atom. The zero-order chi connectivity index (χ0) is 18.2. The van der Waals surface area contributed by atoms with Gasteiger partial charge in [-0.2, -0.15) is 0 Å². The number of carbonyl (C=O) groups excluding carboxylic acids is 2. The number of amides is 2. The molecule has 0 aromatic carbocycles. The molecule has 8 heteroatoms. The van der Waals surface area contributed by atoms with Gasteiger partial charge in [-0.25, -0.2) is 0 Å². The molecule has 2 unspecified atom stereocenters. The van der Waals surface area contributed by atoms with E-state index in [0.29, 0.717) is 13.2 Å². The van der Waals surface area contributed by atoms with Crippen molar-refractivity contribution in [2.45, 2.75) is 25.0 Å². The molecule has 2 amide bonds. The number of carbonyl (C=O) groups is 2. The molecule has 24 heavy (non-hydrogen) atoms. The first-order valence-corrected chi connectivity index (χ1v) is 7.81. The van der Waals surface area contributed by atoms with Gasteiger partial charge >= 0.3 is 0 Å². The zero-order valence-electron chi connectivity index (χ0n) is 13.9. The minimum absolute atomic E-state index is 0.119. The summed E-state index contributed by atoms with van der Waals surface area (Å²) in [4.78, 5) is 21.8. The van der Waals surface area contributed by atoms with Crippen molar-refractivity contribution in [3.63, 3.8) is 0 Å². The highest BCUT2D eigenvalue weighted by atomic mass is 16.5. The van der Waals surface area contributed by atoms with Gasteiger partial charge in [0.05, 0.1) is 25.4 Å². The summed E-state index contributed by atoms with van der Waals surface area (Å²) in [6.07, 6.45) is 2.25. The highest BCUT2D eigenvalue weighted by Gasteiger charge is 2.06. The topological polar surface area (TPSA) is 117 Å². The molecule has 0 saturated heterocycles. The van der Waals surface area contributed by atoms with Gasteiger partial charge in [-0.05, 0) is 25.0 Å². The zero-order valence-corrected chi connectivity index (χ0v) is 13.9. The van der Waals surface area contributed by atoms with Gasteiger partial charge in [-0.15, -0.1) is 0 Å². The molecule has 0 aromatic rings. The lowest BCUT2D eigenvalue weighted by atomic mass is 10.3. The van der Waals surface area contributed by atoms with Crippen molar-refractivity contribution in [1.29, 1.82) is 0 Å². The minimum Gasteiger partial charge on any atom is -0.389 e. The number of nitrogens with one attached hydrogen (secondary N) is 2. The van der Waals surface area contributed by atoms with E-state index in [-0.39, 0.29) is 38.1 Å². The van der Waals surface area contributed by atoms with E-state index >= 15 is 0 Å². The number of unbranched alkanes of at least 4 members (excludes halogenated alkanes) is 1. The number of hydrogen-bond donors (Lipinski definition) is 4. The molecule has 0 heterocycles. The standard InChI is InChI=1S/C16H28N2O6/c1-3-15(21)17-9-13(19)11-23-7-5-6-8-24-12-14(20)10-18-16(22)4-2/h3-4,13-14,19-20H,1-2,5-12H2,(H,17,21)(H,18,22). The Kier molecular flexibility index (Phi) is 13.8. The van der Waals surface area contributed by atoms with Gasteiger partial charge in [0.15, 0.2) is 0 Å². The average Bonchev–Trinajstić information content (AvgIpc) is 2.59. The fourth-order valence-corrected chi connectivity index (χ4v) is 1.55. The molecule has 0 aliphatic heterocycles. The predicted molar refractivity (Wildman–Crippen MR) is 89.3 cm³/mol. The van der Waals surface area contributed by atoms with Crippen molar-refractivity contribution >= 4 is 11.8 Å². The van der Waals surface area contributed by atoms with Gasteiger partial charge in [0.25, 0.3) is 0 Å². The first kappa shape index (κ1) is 22.3. The lowest BCUT2D eigenvalue weighted by Gasteiger charge is -2.12. The second-order valence-electron chi connectivity index (χ2n) is 5.06. The number of rotatable bonds is 15. The van der Waals surface area contributed by atoms with E-state index in [1.807, 2.05) is 0 Å². The van der Waals surface area contributed by atoms with Crippen LogP contribution in [0.3, 0.4) is 0 Å². The number of aliphatic hydroxyl groups excluding tert-OH is 2. The third-order valence-corrected chi connectivity index (χ3v) is 2.84. The van der Waals surface area contributed by atoms with Gasteiger partial charge < -0.3 is 30.3 Å². The summed E-state index contributed by atoms with van der Waals surface area (Å²) in [5.41, 5.74) is 0. The van der Waals surface area contributed by atoms with Crippen LogP contribution < -0.4 is 10.6 Å². The Bertz CT molecular complexity index is 353. The first-order valence-electron chi connectivity index (χ1n) is 7.81. The molecule has 8 nitrogen and oxygen atoms in total. The number of hydrogen-bond acceptors (Lipinski definition) is 6. The lowest BCUT2D eigenvalue weighted by molar-refractivity contribution is -0.117. The van der Waals surface area contributed by atoms with Crippen LogP contribution >= 0.6 is 0 Å². The van der Waals surface area contributed by atoms with E-state index in [4.69, 9.17) is 9.47 Å². The quantitative estimate of drug-likeness (QED) is 0.227. The maximum Gasteiger partial charge on any atom is 0.243 e. The minimum atomic E-state index is -0.758. The van der Waals surface area contributed by atoms with Gasteiger partial charge in [-0.3, -0.25) is 9.59 Å². The molecule has 0 radical (unpaired) electrons. The van der Waals surface area contributed by atoms with Crippen molar-refractivity contribution in [2.24, 2.45) is 0 Å². The van der Waals surface area contributed by atoms with Crippen molar-refractivity contribution in [3.05, 3.63) is 25.3 Å². The Labute approximate surface area is 142 Å². The van der Waals surface area contributed by atoms with Gasteiger partial charge in [0, 0.05) is 26.3 Å². The highest BCUT2D eigenvalue weighted by molar-refractivity contribution is 5.87. The fourth-order valence-electron chi connectivity index (χ4n) is 1.55. The summed E-state index contributed by atoms with van der Waals surface area (Å²) in [5.74, 6) is -0.671. The third kappa shape index (κ3) is 13.9. The van der Waals surface area contributed by atoms with Crippen molar-refractivity contribution in [3.8, 4) is 0 Å². The van der Waals surface area contributed by atoms with Crippen LogP contribution in [0.25, 0.3) is 0 Å². The third-order valence-electron chi connectivity index (χ3n) is 2.84. The summed E-state index contributed by atoms with van der Waals surface area (Å²) in [5, 5.41) is 24.0. The molecular formula is C16H28N2O6. The molecule has 0 aromatic heterocycles. The monoisotopic (exact) mass is 344 g/mol. The Morgan fingerprint density at radius 3 is 1.58 bits per heavy atom. The SMILES string of the molecule is C=CC(=O)NCC(O)COCCCCOCC(O)CNC(=O)C=C. The van der Waals surface area contributed by atoms with Crippen LogP contribution in [0.4, 0.5) is 0 Å². The largest absolute Gasteiger partial charge is 0.389 e. The second kappa shape index (κ2) is 14.8. The van der Waals surface area contributed by atoms with E-state index in [1.54, 1.807) is 0 Å². The van der Waals surface area contributed by atoms with Gasteiger partial charge in [-0.1, -0.05) is 13.2 Å². The predicted octanol–water partition coefficient (Wildman–Crippen LogP) is -0.874. The van der Waals surface area contributed by atoms with Crippen LogP contribution in [0.5, 0.6) is 0 Å². The molecule has 2 atom stereocenters. The van der Waals surface area contributed by atoms with E-state index in [0.717, 1.165) is 25.0 Å². The maximum atomic E-state index is 10.9. The molecule has 0 bridgehead atoms. The first-order chi connectivity index (χ1) is 11.5. The Balaban J connectivity index is 3.38. The Hall–Kier alpha value is -1.74. The molecule has 0 aliphatic rings. The van der Waals surface area contributed by atoms with Crippen LogP contribution in [0.15, 0.2) is 25.3 Å². The summed E-state index contributed by atoms with van der Waals surface area (Å²) in [6, 6.07) is 0. The van der Waals surface area contributed by atoms with Crippen molar-refractivity contribution < 1.29 is 29.3 Å². The summed E-state index contributed by atoms with van der Waals surface area (Å²) < 4.78 is 10.6. The van der Waals surface area contributed by atoms with E-state index in [1.165, 1.54) is 0 Å². The fraction of sp³-hybridized carbons (Fsp3) is 0.625. The van der Waals surface area contributed by atoms with Crippen LogP contribution in [0.2, 0.25) is 0 Å². The van der Waals surface area contributed by atoms with E-state index < -0.39 is 12.2 Å². The van der Waals surface area contributed by atoms with Gasteiger partial charge in [0.2, 0.25) is 11.8 Å². The molecule has 138 valence electrons. The van der Waals surface area contributed by atoms with Crippen LogP contribution in [0, 0.1) is 0 Å². The van der Waals surface area contributed by atoms with Crippen LogP contribution in [0.1, 0.15) is 12.8 Å². The molecule has 0 rings (SSSR count). The Morgan fingerprint density at radius 1 is 0.875 bits per heavy atom. The molecule has 0 fully saturated rings. The molecule has 4 N–H and O–H groups in total. The normalized spacial score (nSPS) is 12.9. The highest BCUT2D eigenvalue weighted by Crippen LogP contribution is 1.94. The number of ether oxygens (including phenoxy) is 2. The summed E-state index contributed by atoms with van der Waals surface area (Å²) >= 11 is 0. The average molecular weight is 344 g/mol. The van der Waals surface area contributed by atoms with Crippen molar-refractivity contribution in [1.82, 2.24) is 10.6 Å². The van der Waals surface area contributed by atoms with Crippen LogP contribution in [-0.2, 0) is 19.1 Å².